The molecular weight excluding hydrogens is 371 g/mol. The van der Waals surface area contributed by atoms with Crippen LogP contribution in [0.3, 0.4) is 0 Å². The molecule has 7 heteroatoms. The summed E-state index contributed by atoms with van der Waals surface area (Å²) >= 11 is 0. The van der Waals surface area contributed by atoms with E-state index in [1.54, 1.807) is 0 Å². The number of benzene rings is 1. The molecule has 1 aliphatic heterocycles. The molecular formula is C19H34Cl2N4O. The zero-order valence-corrected chi connectivity index (χ0v) is 17.7. The Kier molecular flexibility index (Phi) is 12.1. The second-order valence-corrected chi connectivity index (χ2v) is 7.31. The summed E-state index contributed by atoms with van der Waals surface area (Å²) in [6, 6.07) is 8.01. The monoisotopic (exact) mass is 404 g/mol. The molecule has 0 radical (unpaired) electrons. The molecule has 1 fully saturated rings. The number of nitrogens with zero attached hydrogens (tertiary/aromatic N) is 2. The lowest BCUT2D eigenvalue weighted by Crippen LogP contribution is -2.43. The minimum atomic E-state index is -0.0303. The Labute approximate surface area is 170 Å². The maximum atomic E-state index is 12.4. The third kappa shape index (κ3) is 8.23. The van der Waals surface area contributed by atoms with Crippen LogP contribution in [0.1, 0.15) is 36.2 Å². The number of halogens is 2. The van der Waals surface area contributed by atoms with Crippen molar-refractivity contribution in [2.75, 3.05) is 39.8 Å². The minimum absolute atomic E-state index is 0. The van der Waals surface area contributed by atoms with Gasteiger partial charge in [0.25, 0.3) is 5.91 Å². The fraction of sp³-hybridized carbons (Fsp3) is 0.632. The van der Waals surface area contributed by atoms with E-state index >= 15 is 0 Å². The molecule has 1 aromatic rings. The molecule has 26 heavy (non-hydrogen) atoms. The highest BCUT2D eigenvalue weighted by molar-refractivity contribution is 5.94. The van der Waals surface area contributed by atoms with Crippen LogP contribution in [0.5, 0.6) is 0 Å². The molecule has 1 unspecified atom stereocenters. The second kappa shape index (κ2) is 12.5. The van der Waals surface area contributed by atoms with E-state index in [4.69, 9.17) is 5.73 Å². The van der Waals surface area contributed by atoms with Gasteiger partial charge in [-0.1, -0.05) is 26.0 Å². The molecule has 150 valence electrons. The fourth-order valence-electron chi connectivity index (χ4n) is 3.08. The highest BCUT2D eigenvalue weighted by Gasteiger charge is 2.15. The summed E-state index contributed by atoms with van der Waals surface area (Å²) in [5.74, 6) is 0.488. The summed E-state index contributed by atoms with van der Waals surface area (Å²) < 4.78 is 0. The number of hydrogen-bond donors (Lipinski definition) is 2. The number of likely N-dealkylation sites (N-methyl/N-ethyl adjacent to an activating group) is 1. The first-order valence-electron chi connectivity index (χ1n) is 8.98. The van der Waals surface area contributed by atoms with Crippen molar-refractivity contribution in [1.82, 2.24) is 15.1 Å². The maximum absolute atomic E-state index is 12.4. The predicted molar refractivity (Wildman–Crippen MR) is 113 cm³/mol. The van der Waals surface area contributed by atoms with Gasteiger partial charge < -0.3 is 16.0 Å². The fourth-order valence-corrected chi connectivity index (χ4v) is 3.08. The Balaban J connectivity index is 0.00000312. The molecule has 3 N–H and O–H groups in total. The van der Waals surface area contributed by atoms with Gasteiger partial charge in [0.2, 0.25) is 0 Å². The lowest BCUT2D eigenvalue weighted by Gasteiger charge is -2.32. The van der Waals surface area contributed by atoms with Crippen molar-refractivity contribution < 1.29 is 4.79 Å². The van der Waals surface area contributed by atoms with Gasteiger partial charge in [-0.25, -0.2) is 0 Å². The van der Waals surface area contributed by atoms with Crippen LogP contribution in [-0.2, 0) is 6.54 Å². The van der Waals surface area contributed by atoms with Crippen molar-refractivity contribution in [2.45, 2.75) is 32.9 Å². The number of hydrogen-bond acceptors (Lipinski definition) is 4. The first-order chi connectivity index (χ1) is 11.5. The van der Waals surface area contributed by atoms with Crippen LogP contribution in [0.25, 0.3) is 0 Å². The number of amides is 1. The molecule has 1 atom stereocenters. The van der Waals surface area contributed by atoms with Gasteiger partial charge in [-0.15, -0.1) is 24.8 Å². The molecule has 5 nitrogen and oxygen atoms in total. The number of nitrogens with two attached hydrogens (primary N) is 1. The van der Waals surface area contributed by atoms with E-state index in [1.807, 2.05) is 12.1 Å². The molecule has 1 aromatic carbocycles. The topological polar surface area (TPSA) is 61.6 Å². The standard InChI is InChI=1S/C19H32N4O.2ClH/c1-15(2)12-18(13-20)21-19(24)17-6-4-16(5-7-17)14-23-10-8-22(3)9-11-23;;/h4-7,15,18H,8-14,20H2,1-3H3,(H,21,24);2*1H. The van der Waals surface area contributed by atoms with Crippen molar-refractivity contribution in [3.63, 3.8) is 0 Å². The van der Waals surface area contributed by atoms with Crippen LogP contribution in [-0.4, -0.2) is 61.5 Å². The first-order valence-corrected chi connectivity index (χ1v) is 8.98. The summed E-state index contributed by atoms with van der Waals surface area (Å²) in [7, 11) is 2.17. The Morgan fingerprint density at radius 1 is 1.12 bits per heavy atom. The van der Waals surface area contributed by atoms with E-state index in [2.05, 4.69) is 48.1 Å². The van der Waals surface area contributed by atoms with Gasteiger partial charge in [-0.3, -0.25) is 9.69 Å². The molecule has 1 aliphatic rings. The zero-order chi connectivity index (χ0) is 17.5. The van der Waals surface area contributed by atoms with Crippen molar-refractivity contribution in [3.05, 3.63) is 35.4 Å². The quantitative estimate of drug-likeness (QED) is 0.731. The second-order valence-electron chi connectivity index (χ2n) is 7.31. The number of carbonyl (C=O) groups is 1. The molecule has 0 bridgehead atoms. The number of carbonyl (C=O) groups excluding carboxylic acids is 1. The summed E-state index contributed by atoms with van der Waals surface area (Å²) in [5.41, 5.74) is 7.73. The summed E-state index contributed by atoms with van der Waals surface area (Å²) in [5, 5.41) is 3.04. The van der Waals surface area contributed by atoms with Gasteiger partial charge in [0, 0.05) is 50.9 Å². The van der Waals surface area contributed by atoms with E-state index < -0.39 is 0 Å². The zero-order valence-electron chi connectivity index (χ0n) is 16.1. The van der Waals surface area contributed by atoms with E-state index in [-0.39, 0.29) is 36.8 Å². The van der Waals surface area contributed by atoms with E-state index in [0.29, 0.717) is 18.0 Å². The number of nitrogens with one attached hydrogen (secondary N) is 1. The molecule has 0 aliphatic carbocycles. The third-order valence-electron chi connectivity index (χ3n) is 4.59. The van der Waals surface area contributed by atoms with Gasteiger partial charge >= 0.3 is 0 Å². The van der Waals surface area contributed by atoms with Gasteiger partial charge in [0.05, 0.1) is 0 Å². The number of rotatable bonds is 7. The van der Waals surface area contributed by atoms with Crippen LogP contribution in [0, 0.1) is 5.92 Å². The molecule has 0 saturated carbocycles. The summed E-state index contributed by atoms with van der Waals surface area (Å²) in [6.07, 6.45) is 0.906. The smallest absolute Gasteiger partial charge is 0.251 e. The SMILES string of the molecule is CC(C)CC(CN)NC(=O)c1ccc(CN2CCN(C)CC2)cc1.Cl.Cl. The molecule has 1 amide bonds. The Morgan fingerprint density at radius 2 is 1.69 bits per heavy atom. The molecule has 0 spiro atoms. The van der Waals surface area contributed by atoms with Crippen molar-refractivity contribution in [3.8, 4) is 0 Å². The lowest BCUT2D eigenvalue weighted by molar-refractivity contribution is 0.0933. The van der Waals surface area contributed by atoms with E-state index in [1.165, 1.54) is 5.56 Å². The van der Waals surface area contributed by atoms with E-state index in [0.717, 1.165) is 39.1 Å². The minimum Gasteiger partial charge on any atom is -0.348 e. The van der Waals surface area contributed by atoms with Crippen LogP contribution in [0.2, 0.25) is 0 Å². The van der Waals surface area contributed by atoms with Crippen LogP contribution in [0.15, 0.2) is 24.3 Å². The van der Waals surface area contributed by atoms with Gasteiger partial charge in [0.1, 0.15) is 0 Å². The van der Waals surface area contributed by atoms with Crippen molar-refractivity contribution >= 4 is 30.7 Å². The third-order valence-corrected chi connectivity index (χ3v) is 4.59. The Hall–Kier alpha value is -0.850. The summed E-state index contributed by atoms with van der Waals surface area (Å²) in [4.78, 5) is 17.2. The van der Waals surface area contributed by atoms with Gasteiger partial charge in [-0.2, -0.15) is 0 Å². The molecule has 0 aromatic heterocycles. The Bertz CT molecular complexity index is 517. The molecule has 1 heterocycles. The largest absolute Gasteiger partial charge is 0.348 e. The van der Waals surface area contributed by atoms with Crippen molar-refractivity contribution in [1.29, 1.82) is 0 Å². The molecule has 1 saturated heterocycles. The normalized spacial score (nSPS) is 16.5. The van der Waals surface area contributed by atoms with Crippen LogP contribution in [0.4, 0.5) is 0 Å². The van der Waals surface area contributed by atoms with Gasteiger partial charge in [0.15, 0.2) is 0 Å². The lowest BCUT2D eigenvalue weighted by atomic mass is 10.0. The predicted octanol–water partition coefficient (Wildman–Crippen LogP) is 2.38. The highest BCUT2D eigenvalue weighted by atomic mass is 35.5. The average molecular weight is 405 g/mol. The Morgan fingerprint density at radius 3 is 2.19 bits per heavy atom. The van der Waals surface area contributed by atoms with E-state index in [9.17, 15) is 4.79 Å². The van der Waals surface area contributed by atoms with Crippen LogP contribution >= 0.6 is 24.8 Å². The number of piperazine rings is 1. The average Bonchev–Trinajstić information content (AvgIpc) is 2.56. The van der Waals surface area contributed by atoms with Crippen molar-refractivity contribution in [2.24, 2.45) is 11.7 Å². The maximum Gasteiger partial charge on any atom is 0.251 e. The first kappa shape index (κ1) is 25.1. The van der Waals surface area contributed by atoms with Gasteiger partial charge in [-0.05, 0) is 37.1 Å². The molecule has 2 rings (SSSR count). The highest BCUT2D eigenvalue weighted by Crippen LogP contribution is 2.11. The summed E-state index contributed by atoms with van der Waals surface area (Å²) in [6.45, 7) is 10.2. The van der Waals surface area contributed by atoms with Crippen LogP contribution < -0.4 is 11.1 Å².